The van der Waals surface area contributed by atoms with Crippen molar-refractivity contribution in [1.82, 2.24) is 4.98 Å². The van der Waals surface area contributed by atoms with Gasteiger partial charge >= 0.3 is 5.97 Å². The van der Waals surface area contributed by atoms with E-state index >= 15 is 0 Å². The Labute approximate surface area is 222 Å². The zero-order valence-electron chi connectivity index (χ0n) is 22.5. The van der Waals surface area contributed by atoms with Crippen molar-refractivity contribution in [1.29, 1.82) is 0 Å². The molecule has 0 spiro atoms. The van der Waals surface area contributed by atoms with Gasteiger partial charge in [-0.2, -0.15) is 0 Å². The third-order valence-corrected chi connectivity index (χ3v) is 9.81. The van der Waals surface area contributed by atoms with Crippen molar-refractivity contribution in [3.05, 3.63) is 21.7 Å². The number of hydrogen-bond donors (Lipinski definition) is 2. The summed E-state index contributed by atoms with van der Waals surface area (Å²) in [6.07, 6.45) is 1.08. The summed E-state index contributed by atoms with van der Waals surface area (Å²) in [4.78, 5) is 30.4. The van der Waals surface area contributed by atoms with Gasteiger partial charge in [0.15, 0.2) is 0 Å². The zero-order valence-corrected chi connectivity index (χ0v) is 23.3. The predicted octanol–water partition coefficient (Wildman–Crippen LogP) is 5.46. The molecule has 9 heteroatoms. The van der Waals surface area contributed by atoms with Gasteiger partial charge in [-0.25, -0.2) is 9.37 Å². The lowest BCUT2D eigenvalue weighted by Crippen LogP contribution is -2.54. The van der Waals surface area contributed by atoms with E-state index in [4.69, 9.17) is 4.74 Å². The number of esters is 1. The summed E-state index contributed by atoms with van der Waals surface area (Å²) in [7, 11) is 0. The maximum atomic E-state index is 14.4. The number of cyclic esters (lactones) is 1. The van der Waals surface area contributed by atoms with Crippen LogP contribution in [0.5, 0.6) is 0 Å². The number of fused-ring (bicyclic) bond motifs is 2. The van der Waals surface area contributed by atoms with Crippen molar-refractivity contribution in [3.8, 4) is 0 Å². The van der Waals surface area contributed by atoms with Gasteiger partial charge in [0.2, 0.25) is 0 Å². The molecule has 1 saturated carbocycles. The van der Waals surface area contributed by atoms with E-state index < -0.39 is 54.4 Å². The fraction of sp³-hybridized carbons (Fsp3) is 0.750. The molecule has 208 valence electrons. The Morgan fingerprint density at radius 3 is 2.59 bits per heavy atom. The average molecular weight is 542 g/mol. The summed E-state index contributed by atoms with van der Waals surface area (Å²) in [6.45, 7) is 7.77. The zero-order chi connectivity index (χ0) is 27.5. The second-order valence-corrected chi connectivity index (χ2v) is 12.7. The fourth-order valence-electron chi connectivity index (χ4n) is 5.94. The minimum atomic E-state index is -1.25. The molecule has 8 atom stereocenters. The Bertz CT molecular complexity index is 999. The summed E-state index contributed by atoms with van der Waals surface area (Å²) < 4.78 is 33.3. The number of carbonyl (C=O) groups excluding carboxylic acids is 2. The van der Waals surface area contributed by atoms with Crippen LogP contribution in [0.25, 0.3) is 6.08 Å². The van der Waals surface area contributed by atoms with E-state index in [0.29, 0.717) is 42.0 Å². The lowest BCUT2D eigenvalue weighted by molar-refractivity contribution is -0.162. The van der Waals surface area contributed by atoms with Gasteiger partial charge in [0, 0.05) is 11.3 Å². The molecule has 1 unspecified atom stereocenters. The quantitative estimate of drug-likeness (QED) is 0.492. The number of Topliss-reactive ketones (excluding diaryl/α,β-unsaturated/α-hetero) is 1. The molecule has 0 amide bonds. The summed E-state index contributed by atoms with van der Waals surface area (Å²) in [5.74, 6) is -1.95. The molecule has 37 heavy (non-hydrogen) atoms. The highest BCUT2D eigenvalue weighted by Crippen LogP contribution is 2.46. The molecule has 2 aliphatic rings. The number of rotatable bonds is 4. The molecule has 1 aromatic heterocycles. The van der Waals surface area contributed by atoms with E-state index in [2.05, 4.69) is 4.98 Å². The van der Waals surface area contributed by atoms with Crippen LogP contribution in [0.15, 0.2) is 11.0 Å². The van der Waals surface area contributed by atoms with Gasteiger partial charge in [0.05, 0.1) is 36.4 Å². The summed E-state index contributed by atoms with van der Waals surface area (Å²) >= 11 is 1.20. The number of aromatic nitrogens is 1. The average Bonchev–Trinajstić information content (AvgIpc) is 3.31. The Balaban J connectivity index is 1.94. The number of carbonyl (C=O) groups is 2. The lowest BCUT2D eigenvalue weighted by atomic mass is 9.60. The van der Waals surface area contributed by atoms with Crippen molar-refractivity contribution in [2.75, 3.05) is 6.67 Å². The second-order valence-electron chi connectivity index (χ2n) is 11.7. The summed E-state index contributed by atoms with van der Waals surface area (Å²) in [5.41, 5.74) is -0.602. The number of halogens is 2. The van der Waals surface area contributed by atoms with Crippen LogP contribution in [-0.2, 0) is 21.0 Å². The van der Waals surface area contributed by atoms with Gasteiger partial charge in [0.25, 0.3) is 0 Å². The minimum absolute atomic E-state index is 0.148. The number of ether oxygens (including phenoxy) is 1. The van der Waals surface area contributed by atoms with Crippen LogP contribution >= 0.6 is 11.3 Å². The van der Waals surface area contributed by atoms with Crippen molar-refractivity contribution < 1.29 is 33.3 Å². The van der Waals surface area contributed by atoms with Crippen LogP contribution in [-0.4, -0.2) is 51.9 Å². The molecule has 2 heterocycles. The first-order valence-electron chi connectivity index (χ1n) is 13.2. The fourth-order valence-corrected chi connectivity index (χ4v) is 6.54. The number of alkyl halides is 2. The second kappa shape index (κ2) is 12.0. The first-order valence-corrected chi connectivity index (χ1v) is 14.1. The van der Waals surface area contributed by atoms with Crippen molar-refractivity contribution in [2.24, 2.45) is 28.6 Å². The molecular weight excluding hydrogens is 500 g/mol. The standard InChI is InChI=1S/C28H41F2NO5S/c1-16(9-20-14-37-23(13-29)31-20)21-10-17(2)27(4,15-30)8-6-7-19-12-28(5,22(32)11-24(33)36-21)26(35)18(3)25(19)34/h9,14,17-19,21-22,25,32,34H,6-8,10-13,15H2,1-5H3/b16-9+/t17?,18-,19-,21+,22+,25-,27-,28-/m1/s1. The molecule has 1 aliphatic heterocycles. The van der Waals surface area contributed by atoms with E-state index in [0.717, 1.165) is 0 Å². The third-order valence-electron chi connectivity index (χ3n) is 8.98. The van der Waals surface area contributed by atoms with E-state index in [1.807, 2.05) is 13.8 Å². The van der Waals surface area contributed by atoms with Gasteiger partial charge in [-0.1, -0.05) is 34.1 Å². The molecule has 1 aliphatic carbocycles. The highest BCUT2D eigenvalue weighted by molar-refractivity contribution is 7.09. The highest BCUT2D eigenvalue weighted by Gasteiger charge is 2.52. The van der Waals surface area contributed by atoms with Crippen LogP contribution in [0.2, 0.25) is 0 Å². The number of nitrogens with zero attached hydrogens (tertiary/aromatic N) is 1. The molecule has 2 fully saturated rings. The van der Waals surface area contributed by atoms with Gasteiger partial charge < -0.3 is 14.9 Å². The van der Waals surface area contributed by atoms with Gasteiger partial charge in [0.1, 0.15) is 23.6 Å². The molecule has 2 bridgehead atoms. The molecule has 1 saturated heterocycles. The van der Waals surface area contributed by atoms with E-state index in [1.165, 1.54) is 11.3 Å². The SMILES string of the molecule is C/C(=C\c1csc(CF)n1)[C@@H]1CC(C)[C@@](C)(CF)CCC[C@@H]2C[C@@](C)(C(=O)[C@H](C)[C@H]2O)[C@@H](O)CC(=O)O1. The molecular formula is C28H41F2NO5S. The Hall–Kier alpha value is -1.71. The van der Waals surface area contributed by atoms with Crippen LogP contribution < -0.4 is 0 Å². The third kappa shape index (κ3) is 6.48. The predicted molar refractivity (Wildman–Crippen MR) is 139 cm³/mol. The topological polar surface area (TPSA) is 96.7 Å². The lowest BCUT2D eigenvalue weighted by Gasteiger charge is -2.46. The minimum Gasteiger partial charge on any atom is -0.458 e. The number of aliphatic hydroxyl groups excluding tert-OH is 2. The number of thiazole rings is 1. The molecule has 3 rings (SSSR count). The normalized spacial score (nSPS) is 38.7. The summed E-state index contributed by atoms with van der Waals surface area (Å²) in [5, 5.41) is 24.0. The molecule has 2 N–H and O–H groups in total. The van der Waals surface area contributed by atoms with Crippen molar-refractivity contribution in [3.63, 3.8) is 0 Å². The summed E-state index contributed by atoms with van der Waals surface area (Å²) in [6, 6.07) is 0. The van der Waals surface area contributed by atoms with Crippen LogP contribution in [0.1, 0.15) is 83.8 Å². The van der Waals surface area contributed by atoms with E-state index in [1.54, 1.807) is 32.2 Å². The first kappa shape index (κ1) is 29.8. The van der Waals surface area contributed by atoms with E-state index in [-0.39, 0.29) is 30.5 Å². The number of ketones is 1. The Morgan fingerprint density at radius 1 is 1.27 bits per heavy atom. The van der Waals surface area contributed by atoms with Crippen LogP contribution in [0.4, 0.5) is 8.78 Å². The monoisotopic (exact) mass is 541 g/mol. The maximum Gasteiger partial charge on any atom is 0.309 e. The first-order chi connectivity index (χ1) is 17.3. The molecule has 0 radical (unpaired) electrons. The van der Waals surface area contributed by atoms with Gasteiger partial charge in [-0.3, -0.25) is 14.0 Å². The number of hydrogen-bond acceptors (Lipinski definition) is 7. The van der Waals surface area contributed by atoms with Crippen LogP contribution in [0, 0.1) is 28.6 Å². The molecule has 0 aromatic carbocycles. The van der Waals surface area contributed by atoms with E-state index in [9.17, 15) is 28.6 Å². The highest BCUT2D eigenvalue weighted by atomic mass is 32.1. The Kier molecular flexibility index (Phi) is 9.67. The van der Waals surface area contributed by atoms with Gasteiger partial charge in [-0.15, -0.1) is 11.3 Å². The van der Waals surface area contributed by atoms with Gasteiger partial charge in [-0.05, 0) is 61.5 Å². The van der Waals surface area contributed by atoms with Crippen LogP contribution in [0.3, 0.4) is 0 Å². The maximum absolute atomic E-state index is 14.4. The molecule has 6 nitrogen and oxygen atoms in total. The van der Waals surface area contributed by atoms with Crippen molar-refractivity contribution in [2.45, 2.75) is 98.1 Å². The van der Waals surface area contributed by atoms with Crippen molar-refractivity contribution >= 4 is 29.2 Å². The smallest absolute Gasteiger partial charge is 0.309 e. The number of aliphatic hydroxyl groups is 2. The Morgan fingerprint density at radius 2 is 1.97 bits per heavy atom. The largest absolute Gasteiger partial charge is 0.458 e. The molecule has 1 aromatic rings.